The van der Waals surface area contributed by atoms with Crippen LogP contribution in [0.2, 0.25) is 0 Å². The second-order valence-electron chi connectivity index (χ2n) is 7.35. The van der Waals surface area contributed by atoms with Crippen LogP contribution in [0.1, 0.15) is 66.5 Å². The third kappa shape index (κ3) is 4.25. The molecule has 4 rings (SSSR count). The van der Waals surface area contributed by atoms with Crippen molar-refractivity contribution in [3.63, 3.8) is 0 Å². The zero-order chi connectivity index (χ0) is 19.6. The number of amides is 1. The van der Waals surface area contributed by atoms with Crippen molar-refractivity contribution < 1.29 is 17.7 Å². The fourth-order valence-corrected chi connectivity index (χ4v) is 4.90. The van der Waals surface area contributed by atoms with Crippen LogP contribution in [0, 0.1) is 0 Å². The number of aromatic nitrogens is 2. The summed E-state index contributed by atoms with van der Waals surface area (Å²) in [4.78, 5) is 16.9. The predicted molar refractivity (Wildman–Crippen MR) is 101 cm³/mol. The number of hydrogen-bond donors (Lipinski definition) is 1. The highest BCUT2D eigenvalue weighted by atomic mass is 32.2. The molecule has 0 atom stereocenters. The molecule has 2 aliphatic rings. The zero-order valence-electron chi connectivity index (χ0n) is 15.6. The van der Waals surface area contributed by atoms with Crippen molar-refractivity contribution in [2.45, 2.75) is 55.9 Å². The van der Waals surface area contributed by atoms with Gasteiger partial charge in [-0.25, -0.2) is 8.42 Å². The number of sulfonamides is 1. The summed E-state index contributed by atoms with van der Waals surface area (Å²) in [6.07, 6.45) is 5.98. The monoisotopic (exact) mass is 404 g/mol. The van der Waals surface area contributed by atoms with Crippen molar-refractivity contribution in [3.8, 4) is 0 Å². The second kappa shape index (κ2) is 8.00. The molecule has 1 aromatic carbocycles. The summed E-state index contributed by atoms with van der Waals surface area (Å²) in [5.74, 6) is 1.05. The smallest absolute Gasteiger partial charge is 0.251 e. The van der Waals surface area contributed by atoms with E-state index in [0.29, 0.717) is 30.7 Å². The third-order valence-corrected chi connectivity index (χ3v) is 7.02. The fourth-order valence-electron chi connectivity index (χ4n) is 3.33. The molecule has 1 saturated carbocycles. The number of rotatable bonds is 6. The van der Waals surface area contributed by atoms with Crippen LogP contribution in [0.25, 0.3) is 0 Å². The van der Waals surface area contributed by atoms with Gasteiger partial charge in [0.2, 0.25) is 15.9 Å². The Balaban J connectivity index is 1.43. The highest BCUT2D eigenvalue weighted by Gasteiger charge is 2.29. The first kappa shape index (κ1) is 19.1. The Morgan fingerprint density at radius 3 is 2.64 bits per heavy atom. The first-order valence-corrected chi connectivity index (χ1v) is 11.2. The molecule has 1 amide bonds. The van der Waals surface area contributed by atoms with Crippen LogP contribution in [-0.2, 0) is 16.6 Å². The number of benzene rings is 1. The fraction of sp³-hybridized carbons (Fsp3) is 0.526. The summed E-state index contributed by atoms with van der Waals surface area (Å²) in [6, 6.07) is 6.16. The lowest BCUT2D eigenvalue weighted by Crippen LogP contribution is -2.32. The van der Waals surface area contributed by atoms with E-state index in [-0.39, 0.29) is 22.9 Å². The lowest BCUT2D eigenvalue weighted by atomic mass is 10.2. The van der Waals surface area contributed by atoms with Gasteiger partial charge in [-0.1, -0.05) is 24.1 Å². The zero-order valence-corrected chi connectivity index (χ0v) is 16.5. The van der Waals surface area contributed by atoms with Crippen LogP contribution >= 0.6 is 0 Å². The van der Waals surface area contributed by atoms with Gasteiger partial charge >= 0.3 is 0 Å². The molecule has 28 heavy (non-hydrogen) atoms. The second-order valence-corrected chi connectivity index (χ2v) is 9.29. The van der Waals surface area contributed by atoms with E-state index in [1.165, 1.54) is 16.4 Å². The van der Waals surface area contributed by atoms with Crippen LogP contribution in [0.5, 0.6) is 0 Å². The maximum Gasteiger partial charge on any atom is 0.251 e. The molecule has 0 unspecified atom stereocenters. The van der Waals surface area contributed by atoms with Crippen molar-refractivity contribution in [1.29, 1.82) is 0 Å². The van der Waals surface area contributed by atoms with Crippen molar-refractivity contribution in [2.75, 3.05) is 13.1 Å². The minimum Gasteiger partial charge on any atom is -0.343 e. The van der Waals surface area contributed by atoms with Crippen molar-refractivity contribution in [1.82, 2.24) is 19.8 Å². The Labute approximate surface area is 164 Å². The SMILES string of the molecule is O=C(NCc1nc(C2CC2)no1)c1cccc(S(=O)(=O)N2CCCCCC2)c1. The van der Waals surface area contributed by atoms with E-state index < -0.39 is 10.0 Å². The predicted octanol–water partition coefficient (Wildman–Crippen LogP) is 2.44. The molecule has 2 heterocycles. The van der Waals surface area contributed by atoms with E-state index >= 15 is 0 Å². The van der Waals surface area contributed by atoms with Crippen molar-refractivity contribution >= 4 is 15.9 Å². The summed E-state index contributed by atoms with van der Waals surface area (Å²) >= 11 is 0. The molecular weight excluding hydrogens is 380 g/mol. The van der Waals surface area contributed by atoms with E-state index in [9.17, 15) is 13.2 Å². The normalized spacial score (nSPS) is 18.6. The molecule has 1 aromatic heterocycles. The van der Waals surface area contributed by atoms with E-state index in [1.54, 1.807) is 12.1 Å². The van der Waals surface area contributed by atoms with Gasteiger partial charge in [0.05, 0.1) is 11.4 Å². The van der Waals surface area contributed by atoms with E-state index in [1.807, 2.05) is 0 Å². The summed E-state index contributed by atoms with van der Waals surface area (Å²) < 4.78 is 32.5. The van der Waals surface area contributed by atoms with Gasteiger partial charge in [-0.2, -0.15) is 9.29 Å². The summed E-state index contributed by atoms with van der Waals surface area (Å²) in [7, 11) is -3.60. The topological polar surface area (TPSA) is 105 Å². The Bertz CT molecular complexity index is 944. The number of carbonyl (C=O) groups is 1. The highest BCUT2D eigenvalue weighted by molar-refractivity contribution is 7.89. The third-order valence-electron chi connectivity index (χ3n) is 5.13. The maximum atomic E-state index is 12.9. The summed E-state index contributed by atoms with van der Waals surface area (Å²) in [6.45, 7) is 1.17. The van der Waals surface area contributed by atoms with Crippen molar-refractivity contribution in [3.05, 3.63) is 41.5 Å². The molecule has 9 heteroatoms. The highest BCUT2D eigenvalue weighted by Crippen LogP contribution is 2.38. The van der Waals surface area contributed by atoms with Crippen LogP contribution < -0.4 is 5.32 Å². The first-order chi connectivity index (χ1) is 13.5. The van der Waals surface area contributed by atoms with Gasteiger partial charge in [0.25, 0.3) is 5.91 Å². The quantitative estimate of drug-likeness (QED) is 0.793. The van der Waals surface area contributed by atoms with E-state index in [4.69, 9.17) is 4.52 Å². The molecule has 1 aliphatic heterocycles. The molecule has 2 fully saturated rings. The molecule has 150 valence electrons. The van der Waals surface area contributed by atoms with Gasteiger partial charge in [-0.15, -0.1) is 0 Å². The van der Waals surface area contributed by atoms with Crippen LogP contribution in [0.15, 0.2) is 33.7 Å². The molecule has 1 N–H and O–H groups in total. The number of hydrogen-bond acceptors (Lipinski definition) is 6. The van der Waals surface area contributed by atoms with Gasteiger partial charge in [0, 0.05) is 24.6 Å². The Morgan fingerprint density at radius 2 is 1.93 bits per heavy atom. The molecule has 1 aliphatic carbocycles. The number of nitrogens with one attached hydrogen (secondary N) is 1. The summed E-state index contributed by atoms with van der Waals surface area (Å²) in [5, 5.41) is 6.62. The Hall–Kier alpha value is -2.26. The van der Waals surface area contributed by atoms with Gasteiger partial charge < -0.3 is 9.84 Å². The lowest BCUT2D eigenvalue weighted by Gasteiger charge is -2.20. The van der Waals surface area contributed by atoms with Crippen LogP contribution in [0.4, 0.5) is 0 Å². The van der Waals surface area contributed by atoms with Crippen LogP contribution in [-0.4, -0.2) is 41.9 Å². The van der Waals surface area contributed by atoms with Gasteiger partial charge in [-0.05, 0) is 43.9 Å². The Morgan fingerprint density at radius 1 is 1.18 bits per heavy atom. The van der Waals surface area contributed by atoms with Gasteiger partial charge in [0.15, 0.2) is 5.82 Å². The Kier molecular flexibility index (Phi) is 5.45. The van der Waals surface area contributed by atoms with Gasteiger partial charge in [0.1, 0.15) is 0 Å². The summed E-state index contributed by atoms with van der Waals surface area (Å²) in [5.41, 5.74) is 0.290. The maximum absolute atomic E-state index is 12.9. The molecular formula is C19H24N4O4S. The average molecular weight is 404 g/mol. The minimum atomic E-state index is -3.60. The van der Waals surface area contributed by atoms with E-state index in [2.05, 4.69) is 15.5 Å². The standard InChI is InChI=1S/C19H24N4O4S/c24-19(20-13-17-21-18(22-27-17)14-8-9-14)15-6-5-7-16(12-15)28(25,26)23-10-3-1-2-4-11-23/h5-7,12,14H,1-4,8-11,13H2,(H,20,24). The molecule has 0 spiro atoms. The molecule has 0 radical (unpaired) electrons. The molecule has 2 aromatic rings. The molecule has 1 saturated heterocycles. The number of carbonyl (C=O) groups excluding carboxylic acids is 1. The van der Waals surface area contributed by atoms with Crippen LogP contribution in [0.3, 0.4) is 0 Å². The molecule has 0 bridgehead atoms. The largest absolute Gasteiger partial charge is 0.343 e. The molecule has 8 nitrogen and oxygen atoms in total. The van der Waals surface area contributed by atoms with Gasteiger partial charge in [-0.3, -0.25) is 4.79 Å². The average Bonchev–Trinajstić information content (AvgIpc) is 3.50. The minimum absolute atomic E-state index is 0.113. The van der Waals surface area contributed by atoms with Crippen molar-refractivity contribution in [2.24, 2.45) is 0 Å². The first-order valence-electron chi connectivity index (χ1n) is 9.75. The number of nitrogens with zero attached hydrogens (tertiary/aromatic N) is 3. The lowest BCUT2D eigenvalue weighted by molar-refractivity contribution is 0.0946. The van der Waals surface area contributed by atoms with E-state index in [0.717, 1.165) is 38.5 Å².